The highest BCUT2D eigenvalue weighted by Gasteiger charge is 2.46. The van der Waals surface area contributed by atoms with Crippen LogP contribution in [0.2, 0.25) is 0 Å². The minimum atomic E-state index is -0.246. The van der Waals surface area contributed by atoms with Crippen molar-refractivity contribution in [3.8, 4) is 0 Å². The number of nitrogens with zero attached hydrogens (tertiary/aromatic N) is 2. The number of carbonyl (C=O) groups excluding carboxylic acids is 1. The average Bonchev–Trinajstić information content (AvgIpc) is 3.43. The van der Waals surface area contributed by atoms with Crippen molar-refractivity contribution >= 4 is 11.6 Å². The van der Waals surface area contributed by atoms with E-state index in [4.69, 9.17) is 0 Å². The van der Waals surface area contributed by atoms with Gasteiger partial charge in [0.15, 0.2) is 0 Å². The first kappa shape index (κ1) is 16.1. The van der Waals surface area contributed by atoms with Crippen LogP contribution in [0.25, 0.3) is 0 Å². The van der Waals surface area contributed by atoms with E-state index in [1.807, 2.05) is 4.90 Å². The number of carbonyl (C=O) groups is 1. The molecule has 2 unspecified atom stereocenters. The summed E-state index contributed by atoms with van der Waals surface area (Å²) in [6, 6.07) is 12.9. The fourth-order valence-corrected chi connectivity index (χ4v) is 3.62. The monoisotopic (exact) mass is 342 g/mol. The number of rotatable bonds is 3. The molecule has 1 heterocycles. The summed E-state index contributed by atoms with van der Waals surface area (Å²) in [4.78, 5) is 16.8. The molecule has 1 saturated heterocycles. The van der Waals surface area contributed by atoms with Gasteiger partial charge in [0.2, 0.25) is 5.91 Å². The smallest absolute Gasteiger partial charge is 0.226 e. The summed E-state index contributed by atoms with van der Waals surface area (Å²) in [6.45, 7) is 2.88. The maximum Gasteiger partial charge on any atom is 0.226 e. The van der Waals surface area contributed by atoms with E-state index in [0.29, 0.717) is 13.1 Å². The third-order valence-corrected chi connectivity index (χ3v) is 5.19. The predicted octanol–water partition coefficient (Wildman–Crippen LogP) is 3.42. The molecule has 5 heteroatoms. The second kappa shape index (κ2) is 6.47. The van der Waals surface area contributed by atoms with Gasteiger partial charge in [-0.15, -0.1) is 0 Å². The normalized spacial score (nSPS) is 22.8. The van der Waals surface area contributed by atoms with Gasteiger partial charge < -0.3 is 9.80 Å². The zero-order valence-corrected chi connectivity index (χ0v) is 13.9. The molecule has 0 bridgehead atoms. The number of piperazine rings is 1. The van der Waals surface area contributed by atoms with Crippen LogP contribution in [0.3, 0.4) is 0 Å². The van der Waals surface area contributed by atoms with Crippen LogP contribution in [0.5, 0.6) is 0 Å². The molecule has 130 valence electrons. The van der Waals surface area contributed by atoms with Crippen molar-refractivity contribution in [2.75, 3.05) is 31.1 Å². The van der Waals surface area contributed by atoms with E-state index in [2.05, 4.69) is 4.90 Å². The van der Waals surface area contributed by atoms with Crippen LogP contribution in [0.1, 0.15) is 17.9 Å². The van der Waals surface area contributed by atoms with Gasteiger partial charge in [0.05, 0.1) is 0 Å². The van der Waals surface area contributed by atoms with Gasteiger partial charge in [-0.25, -0.2) is 8.78 Å². The minimum Gasteiger partial charge on any atom is -0.368 e. The molecule has 2 aromatic carbocycles. The third kappa shape index (κ3) is 3.36. The average molecular weight is 342 g/mol. The summed E-state index contributed by atoms with van der Waals surface area (Å²) in [5.41, 5.74) is 2.04. The summed E-state index contributed by atoms with van der Waals surface area (Å²) in [5.74, 6) is -0.0264. The largest absolute Gasteiger partial charge is 0.368 e. The van der Waals surface area contributed by atoms with Crippen LogP contribution >= 0.6 is 0 Å². The van der Waals surface area contributed by atoms with E-state index in [1.54, 1.807) is 24.3 Å². The first-order valence-electron chi connectivity index (χ1n) is 8.66. The van der Waals surface area contributed by atoms with Crippen LogP contribution in [0.15, 0.2) is 48.5 Å². The lowest BCUT2D eigenvalue weighted by atomic mass is 10.1. The summed E-state index contributed by atoms with van der Waals surface area (Å²) in [6.07, 6.45) is 0.850. The first-order chi connectivity index (χ1) is 12.1. The quantitative estimate of drug-likeness (QED) is 0.853. The van der Waals surface area contributed by atoms with Gasteiger partial charge in [-0.1, -0.05) is 12.1 Å². The Morgan fingerprint density at radius 2 is 1.40 bits per heavy atom. The highest BCUT2D eigenvalue weighted by atomic mass is 19.1. The highest BCUT2D eigenvalue weighted by molar-refractivity contribution is 5.83. The van der Waals surface area contributed by atoms with Gasteiger partial charge in [-0.3, -0.25) is 4.79 Å². The van der Waals surface area contributed by atoms with Gasteiger partial charge >= 0.3 is 0 Å². The fourth-order valence-electron chi connectivity index (χ4n) is 3.62. The van der Waals surface area contributed by atoms with Crippen molar-refractivity contribution in [1.82, 2.24) is 4.90 Å². The second-order valence-electron chi connectivity index (χ2n) is 6.79. The predicted molar refractivity (Wildman–Crippen MR) is 92.4 cm³/mol. The lowest BCUT2D eigenvalue weighted by Gasteiger charge is -2.36. The van der Waals surface area contributed by atoms with Crippen LogP contribution in [-0.4, -0.2) is 37.0 Å². The number of halogens is 2. The molecule has 0 radical (unpaired) electrons. The topological polar surface area (TPSA) is 23.6 Å². The van der Waals surface area contributed by atoms with E-state index in [0.717, 1.165) is 30.8 Å². The molecular weight excluding hydrogens is 322 g/mol. The van der Waals surface area contributed by atoms with E-state index in [1.165, 1.54) is 24.3 Å². The molecule has 1 aliphatic carbocycles. The molecule has 2 fully saturated rings. The Bertz CT molecular complexity index is 752. The maximum atomic E-state index is 13.0. The van der Waals surface area contributed by atoms with E-state index in [9.17, 15) is 13.6 Å². The maximum absolute atomic E-state index is 13.0. The molecule has 0 spiro atoms. The zero-order valence-electron chi connectivity index (χ0n) is 13.9. The van der Waals surface area contributed by atoms with Gasteiger partial charge in [0.1, 0.15) is 11.6 Å². The molecule has 2 aliphatic rings. The molecule has 2 aromatic rings. The second-order valence-corrected chi connectivity index (χ2v) is 6.79. The Labute approximate surface area is 145 Å². The molecule has 1 amide bonds. The van der Waals surface area contributed by atoms with Crippen LogP contribution < -0.4 is 4.90 Å². The number of amides is 1. The van der Waals surface area contributed by atoms with Crippen LogP contribution in [0.4, 0.5) is 14.5 Å². The summed E-state index contributed by atoms with van der Waals surface area (Å²) in [7, 11) is 0. The van der Waals surface area contributed by atoms with Gasteiger partial charge in [0, 0.05) is 37.8 Å². The molecule has 3 nitrogen and oxygen atoms in total. The van der Waals surface area contributed by atoms with E-state index >= 15 is 0 Å². The van der Waals surface area contributed by atoms with Crippen LogP contribution in [0, 0.1) is 17.6 Å². The standard InChI is InChI=1S/C20H20F2N2O/c21-15-3-1-14(2-4-15)18-13-19(18)20(25)24-11-9-23(10-12-24)17-7-5-16(22)6-8-17/h1-8,18-19H,9-13H2. The zero-order chi connectivity index (χ0) is 17.4. The molecule has 1 saturated carbocycles. The fraction of sp³-hybridized carbons (Fsp3) is 0.350. The van der Waals surface area contributed by atoms with Crippen molar-refractivity contribution in [1.29, 1.82) is 0 Å². The Balaban J connectivity index is 1.33. The number of anilines is 1. The molecule has 1 aliphatic heterocycles. The Morgan fingerprint density at radius 3 is 2.00 bits per heavy atom. The Kier molecular flexibility index (Phi) is 4.15. The highest BCUT2D eigenvalue weighted by Crippen LogP contribution is 2.48. The van der Waals surface area contributed by atoms with E-state index in [-0.39, 0.29) is 29.4 Å². The SMILES string of the molecule is O=C(C1CC1c1ccc(F)cc1)N1CCN(c2ccc(F)cc2)CC1. The Morgan fingerprint density at radius 1 is 0.840 bits per heavy atom. The lowest BCUT2D eigenvalue weighted by Crippen LogP contribution is -2.49. The van der Waals surface area contributed by atoms with Crippen molar-refractivity contribution in [3.05, 3.63) is 65.7 Å². The summed E-state index contributed by atoms with van der Waals surface area (Å²) < 4.78 is 26.0. The van der Waals surface area contributed by atoms with Gasteiger partial charge in [-0.05, 0) is 54.3 Å². The van der Waals surface area contributed by atoms with Crippen molar-refractivity contribution < 1.29 is 13.6 Å². The number of benzene rings is 2. The molecule has 2 atom stereocenters. The third-order valence-electron chi connectivity index (χ3n) is 5.19. The number of hydrogen-bond donors (Lipinski definition) is 0. The van der Waals surface area contributed by atoms with Crippen molar-refractivity contribution in [2.45, 2.75) is 12.3 Å². The van der Waals surface area contributed by atoms with Gasteiger partial charge in [0.25, 0.3) is 0 Å². The molecule has 0 N–H and O–H groups in total. The summed E-state index contributed by atoms with van der Waals surface area (Å²) in [5, 5.41) is 0. The van der Waals surface area contributed by atoms with Crippen molar-refractivity contribution in [2.24, 2.45) is 5.92 Å². The summed E-state index contributed by atoms with van der Waals surface area (Å²) >= 11 is 0. The molecule has 4 rings (SSSR count). The van der Waals surface area contributed by atoms with Crippen molar-refractivity contribution in [3.63, 3.8) is 0 Å². The molecule has 0 aromatic heterocycles. The lowest BCUT2D eigenvalue weighted by molar-refractivity contribution is -0.132. The number of hydrogen-bond acceptors (Lipinski definition) is 2. The van der Waals surface area contributed by atoms with Gasteiger partial charge in [-0.2, -0.15) is 0 Å². The first-order valence-corrected chi connectivity index (χ1v) is 8.66. The van der Waals surface area contributed by atoms with Crippen LogP contribution in [-0.2, 0) is 4.79 Å². The molecular formula is C20H20F2N2O. The molecule has 25 heavy (non-hydrogen) atoms. The Hall–Kier alpha value is -2.43. The minimum absolute atomic E-state index is 0.0304. The van der Waals surface area contributed by atoms with E-state index < -0.39 is 0 Å².